The van der Waals surface area contributed by atoms with Gasteiger partial charge in [0.1, 0.15) is 0 Å². The van der Waals surface area contributed by atoms with Gasteiger partial charge in [0, 0.05) is 45.4 Å². The minimum absolute atomic E-state index is 0.00332. The Morgan fingerprint density at radius 2 is 1.47 bits per heavy atom. The maximum atomic E-state index is 12.2. The van der Waals surface area contributed by atoms with Crippen molar-refractivity contribution in [3.63, 3.8) is 0 Å². The lowest BCUT2D eigenvalue weighted by molar-refractivity contribution is -0.122. The summed E-state index contributed by atoms with van der Waals surface area (Å²) in [7, 11) is 0. The van der Waals surface area contributed by atoms with Crippen LogP contribution in [0.25, 0.3) is 0 Å². The Hall–Kier alpha value is -2.52. The number of carbonyl (C=O) groups excluding carboxylic acids is 2. The molecule has 0 bridgehead atoms. The van der Waals surface area contributed by atoms with Crippen LogP contribution in [0.3, 0.4) is 0 Å². The molecule has 8 heteroatoms. The molecule has 0 atom stereocenters. The molecule has 0 saturated heterocycles. The molecule has 0 radical (unpaired) electrons. The minimum Gasteiger partial charge on any atom is -0.381 e. The molecule has 8 nitrogen and oxygen atoms in total. The standard InChI is InChI=1S/C35H58N2O6/c1-7-40-23-17-33(38)36-19-10-21-41-24-26-43-27-25-42-22-11-20-37-34(39)28-30(3)13-8-12-29(2)15-16-32-31(4)14-9-18-35(32,5)6/h8,12-13,15-16,28H,7,9-11,14,17-27H2,1-6H3,(H,36,38)(H,37,39). The number of hydrogen-bond donors (Lipinski definition) is 2. The van der Waals surface area contributed by atoms with Crippen LogP contribution in [0.2, 0.25) is 0 Å². The van der Waals surface area contributed by atoms with Gasteiger partial charge in [0.05, 0.1) is 33.0 Å². The van der Waals surface area contributed by atoms with Crippen LogP contribution in [0.15, 0.2) is 58.7 Å². The van der Waals surface area contributed by atoms with Crippen molar-refractivity contribution in [1.82, 2.24) is 10.6 Å². The van der Waals surface area contributed by atoms with Crippen LogP contribution in [0, 0.1) is 5.41 Å². The van der Waals surface area contributed by atoms with Crippen LogP contribution in [0.1, 0.15) is 80.1 Å². The molecule has 0 fully saturated rings. The first-order valence-electron chi connectivity index (χ1n) is 15.9. The molecule has 0 aromatic carbocycles. The van der Waals surface area contributed by atoms with Crippen molar-refractivity contribution >= 4 is 11.8 Å². The van der Waals surface area contributed by atoms with Gasteiger partial charge in [-0.15, -0.1) is 0 Å². The van der Waals surface area contributed by atoms with E-state index in [9.17, 15) is 9.59 Å². The largest absolute Gasteiger partial charge is 0.381 e. The van der Waals surface area contributed by atoms with Crippen molar-refractivity contribution in [3.8, 4) is 0 Å². The predicted molar refractivity (Wildman–Crippen MR) is 175 cm³/mol. The van der Waals surface area contributed by atoms with E-state index in [1.54, 1.807) is 6.08 Å². The van der Waals surface area contributed by atoms with Crippen LogP contribution >= 0.6 is 0 Å². The van der Waals surface area contributed by atoms with E-state index in [0.717, 1.165) is 18.4 Å². The molecular formula is C35H58N2O6. The molecular weight excluding hydrogens is 544 g/mol. The number of rotatable bonds is 23. The van der Waals surface area contributed by atoms with E-state index in [0.29, 0.717) is 72.4 Å². The molecule has 244 valence electrons. The molecule has 2 amide bonds. The van der Waals surface area contributed by atoms with Gasteiger partial charge in [-0.05, 0) is 76.4 Å². The van der Waals surface area contributed by atoms with Crippen LogP contribution in [0.5, 0.6) is 0 Å². The van der Waals surface area contributed by atoms with Crippen LogP contribution in [-0.4, -0.2) is 77.8 Å². The second-order valence-corrected chi connectivity index (χ2v) is 11.6. The first-order chi connectivity index (χ1) is 20.7. The van der Waals surface area contributed by atoms with Gasteiger partial charge in [0.25, 0.3) is 0 Å². The smallest absolute Gasteiger partial charge is 0.244 e. The third-order valence-corrected chi connectivity index (χ3v) is 7.11. The number of amides is 2. The molecule has 0 aromatic heterocycles. The minimum atomic E-state index is -0.100. The van der Waals surface area contributed by atoms with Crippen molar-refractivity contribution in [2.24, 2.45) is 5.41 Å². The van der Waals surface area contributed by atoms with E-state index in [-0.39, 0.29) is 17.2 Å². The SMILES string of the molecule is CCOCCC(=O)NCCCOCCOCCOCCCNC(=O)C=C(C)C=CC=C(C)C=CC1=C(C)CCCC1(C)C. The molecule has 0 aliphatic heterocycles. The highest BCUT2D eigenvalue weighted by atomic mass is 16.5. The summed E-state index contributed by atoms with van der Waals surface area (Å²) < 4.78 is 21.7. The highest BCUT2D eigenvalue weighted by Crippen LogP contribution is 2.40. The Labute approximate surface area is 261 Å². The molecule has 0 heterocycles. The van der Waals surface area contributed by atoms with Crippen molar-refractivity contribution < 1.29 is 28.5 Å². The Kier molecular flexibility index (Phi) is 21.4. The molecule has 0 spiro atoms. The maximum Gasteiger partial charge on any atom is 0.244 e. The fraction of sp³-hybridized carbons (Fsp3) is 0.657. The molecule has 2 N–H and O–H groups in total. The van der Waals surface area contributed by atoms with Crippen LogP contribution < -0.4 is 10.6 Å². The Morgan fingerprint density at radius 1 is 0.837 bits per heavy atom. The highest BCUT2D eigenvalue weighted by Gasteiger charge is 2.26. The summed E-state index contributed by atoms with van der Waals surface area (Å²) in [5, 5.41) is 5.74. The van der Waals surface area contributed by atoms with Gasteiger partial charge >= 0.3 is 0 Å². The summed E-state index contributed by atoms with van der Waals surface area (Å²) in [6, 6.07) is 0. The van der Waals surface area contributed by atoms with E-state index in [1.165, 1.54) is 36.0 Å². The lowest BCUT2D eigenvalue weighted by Crippen LogP contribution is -2.26. The molecule has 0 unspecified atom stereocenters. The number of ether oxygens (including phenoxy) is 4. The Balaban J connectivity index is 2.05. The van der Waals surface area contributed by atoms with E-state index < -0.39 is 0 Å². The normalized spacial score (nSPS) is 16.0. The number of allylic oxidation sites excluding steroid dienone is 9. The van der Waals surface area contributed by atoms with Crippen molar-refractivity contribution in [3.05, 3.63) is 58.7 Å². The summed E-state index contributed by atoms with van der Waals surface area (Å²) >= 11 is 0. The fourth-order valence-corrected chi connectivity index (χ4v) is 4.67. The molecule has 1 rings (SSSR count). The number of carbonyl (C=O) groups is 2. The maximum absolute atomic E-state index is 12.2. The lowest BCUT2D eigenvalue weighted by Gasteiger charge is -2.32. The average molecular weight is 603 g/mol. The first kappa shape index (κ1) is 38.5. The van der Waals surface area contributed by atoms with E-state index in [2.05, 4.69) is 56.6 Å². The third kappa shape index (κ3) is 20.1. The van der Waals surface area contributed by atoms with Gasteiger partial charge in [-0.2, -0.15) is 0 Å². The van der Waals surface area contributed by atoms with Crippen LogP contribution in [-0.2, 0) is 28.5 Å². The lowest BCUT2D eigenvalue weighted by atomic mass is 9.72. The van der Waals surface area contributed by atoms with E-state index >= 15 is 0 Å². The second-order valence-electron chi connectivity index (χ2n) is 11.6. The van der Waals surface area contributed by atoms with Crippen molar-refractivity contribution in [2.75, 3.05) is 65.9 Å². The zero-order valence-electron chi connectivity index (χ0n) is 27.7. The second kappa shape index (κ2) is 23.9. The third-order valence-electron chi connectivity index (χ3n) is 7.11. The van der Waals surface area contributed by atoms with Gasteiger partial charge in [0.15, 0.2) is 0 Å². The summed E-state index contributed by atoms with van der Waals surface area (Å²) in [6.07, 6.45) is 17.7. The average Bonchev–Trinajstić information content (AvgIpc) is 2.94. The monoisotopic (exact) mass is 602 g/mol. The first-order valence-corrected chi connectivity index (χ1v) is 15.9. The molecule has 43 heavy (non-hydrogen) atoms. The van der Waals surface area contributed by atoms with Crippen LogP contribution in [0.4, 0.5) is 0 Å². The zero-order valence-corrected chi connectivity index (χ0v) is 27.7. The van der Waals surface area contributed by atoms with Gasteiger partial charge in [0.2, 0.25) is 11.8 Å². The molecule has 0 aromatic rings. The Bertz CT molecular complexity index is 961. The zero-order chi connectivity index (χ0) is 31.8. The van der Waals surface area contributed by atoms with E-state index in [1.807, 2.05) is 26.0 Å². The molecule has 1 aliphatic carbocycles. The van der Waals surface area contributed by atoms with E-state index in [4.69, 9.17) is 18.9 Å². The molecule has 1 aliphatic rings. The topological polar surface area (TPSA) is 95.1 Å². The summed E-state index contributed by atoms with van der Waals surface area (Å²) in [4.78, 5) is 23.7. The van der Waals surface area contributed by atoms with Gasteiger partial charge in [-0.25, -0.2) is 0 Å². The summed E-state index contributed by atoms with van der Waals surface area (Å²) in [5.41, 5.74) is 5.28. The highest BCUT2D eigenvalue weighted by molar-refractivity contribution is 5.88. The number of nitrogens with one attached hydrogen (secondary N) is 2. The quantitative estimate of drug-likeness (QED) is 0.0846. The predicted octanol–water partition coefficient (Wildman–Crippen LogP) is 6.01. The van der Waals surface area contributed by atoms with Gasteiger partial charge in [-0.1, -0.05) is 55.4 Å². The van der Waals surface area contributed by atoms with Crippen molar-refractivity contribution in [2.45, 2.75) is 80.1 Å². The summed E-state index contributed by atoms with van der Waals surface area (Å²) in [5.74, 6) is -0.0967. The Morgan fingerprint density at radius 3 is 2.09 bits per heavy atom. The van der Waals surface area contributed by atoms with Gasteiger partial charge < -0.3 is 29.6 Å². The molecule has 0 saturated carbocycles. The van der Waals surface area contributed by atoms with Crippen molar-refractivity contribution in [1.29, 1.82) is 0 Å². The summed E-state index contributed by atoms with van der Waals surface area (Å²) in [6.45, 7) is 18.2. The number of hydrogen-bond acceptors (Lipinski definition) is 6. The van der Waals surface area contributed by atoms with Gasteiger partial charge in [-0.3, -0.25) is 9.59 Å². The fourth-order valence-electron chi connectivity index (χ4n) is 4.67.